The second-order valence-corrected chi connectivity index (χ2v) is 6.92. The lowest BCUT2D eigenvalue weighted by Crippen LogP contribution is -2.62. The van der Waals surface area contributed by atoms with E-state index < -0.39 is 5.66 Å². The van der Waals surface area contributed by atoms with Crippen molar-refractivity contribution in [3.8, 4) is 0 Å². The minimum absolute atomic E-state index is 0.00953. The number of hydrogen-bond acceptors (Lipinski definition) is 6. The summed E-state index contributed by atoms with van der Waals surface area (Å²) in [6, 6.07) is 6.32. The average molecular weight is 361 g/mol. The second kappa shape index (κ2) is 6.96. The minimum Gasteiger partial charge on any atom is -0.461 e. The number of fused-ring (bicyclic) bond motifs is 1. The number of nitrogens with zero attached hydrogens (tertiary/aromatic N) is 3. The molecule has 0 radical (unpaired) electrons. The number of anilines is 1. The summed E-state index contributed by atoms with van der Waals surface area (Å²) in [7, 11) is 0. The molecule has 1 aromatic rings. The first-order valence-corrected chi connectivity index (χ1v) is 9.31. The molecule has 2 atom stereocenters. The first kappa shape index (κ1) is 17.4. The van der Waals surface area contributed by atoms with Crippen LogP contribution in [0.2, 0.25) is 0 Å². The zero-order valence-corrected chi connectivity index (χ0v) is 15.0. The van der Waals surface area contributed by atoms with Gasteiger partial charge in [0.15, 0.2) is 5.71 Å². The minimum atomic E-state index is -0.399. The molecular formula is C19H24FN3O3. The van der Waals surface area contributed by atoms with E-state index in [9.17, 15) is 9.18 Å². The number of benzene rings is 1. The van der Waals surface area contributed by atoms with Crippen LogP contribution in [0.1, 0.15) is 26.2 Å². The molecule has 1 saturated heterocycles. The first-order chi connectivity index (χ1) is 12.7. The van der Waals surface area contributed by atoms with Crippen LogP contribution in [0.5, 0.6) is 0 Å². The average Bonchev–Trinajstić information content (AvgIpc) is 3.22. The zero-order chi connectivity index (χ0) is 18.1. The summed E-state index contributed by atoms with van der Waals surface area (Å²) in [6.45, 7) is 5.04. The normalized spacial score (nSPS) is 28.8. The van der Waals surface area contributed by atoms with Crippen LogP contribution in [0.3, 0.4) is 0 Å². The second-order valence-electron chi connectivity index (χ2n) is 6.92. The fourth-order valence-corrected chi connectivity index (χ4v) is 4.56. The van der Waals surface area contributed by atoms with Gasteiger partial charge < -0.3 is 9.47 Å². The van der Waals surface area contributed by atoms with E-state index in [2.05, 4.69) is 4.90 Å². The molecule has 140 valence electrons. The van der Waals surface area contributed by atoms with Gasteiger partial charge >= 0.3 is 5.97 Å². The summed E-state index contributed by atoms with van der Waals surface area (Å²) in [6.07, 6.45) is 2.81. The fourth-order valence-electron chi connectivity index (χ4n) is 4.56. The van der Waals surface area contributed by atoms with Gasteiger partial charge in [0.05, 0.1) is 25.5 Å². The van der Waals surface area contributed by atoms with Gasteiger partial charge in [-0.1, -0.05) is 0 Å². The predicted molar refractivity (Wildman–Crippen MR) is 95.4 cm³/mol. The number of carbonyl (C=O) groups is 1. The summed E-state index contributed by atoms with van der Waals surface area (Å²) in [5, 5.41) is 6.64. The lowest BCUT2D eigenvalue weighted by molar-refractivity contribution is -0.135. The van der Waals surface area contributed by atoms with Crippen molar-refractivity contribution in [1.29, 1.82) is 0 Å². The number of halogens is 1. The third kappa shape index (κ3) is 2.70. The van der Waals surface area contributed by atoms with Gasteiger partial charge in [-0.05, 0) is 50.5 Å². The smallest absolute Gasteiger partial charge is 0.354 e. The van der Waals surface area contributed by atoms with Gasteiger partial charge in [-0.15, -0.1) is 0 Å². The zero-order valence-electron chi connectivity index (χ0n) is 15.0. The number of rotatable bonds is 4. The van der Waals surface area contributed by atoms with Gasteiger partial charge in [-0.25, -0.2) is 14.2 Å². The van der Waals surface area contributed by atoms with Gasteiger partial charge in [0.2, 0.25) is 0 Å². The number of hydrogen-bond donors (Lipinski definition) is 0. The first-order valence-electron chi connectivity index (χ1n) is 9.31. The van der Waals surface area contributed by atoms with Crippen molar-refractivity contribution in [3.05, 3.63) is 30.1 Å². The summed E-state index contributed by atoms with van der Waals surface area (Å²) in [5.41, 5.74) is 0.883. The summed E-state index contributed by atoms with van der Waals surface area (Å²) >= 11 is 0. The van der Waals surface area contributed by atoms with Gasteiger partial charge in [-0.2, -0.15) is 5.10 Å². The van der Waals surface area contributed by atoms with E-state index in [1.807, 2.05) is 5.01 Å². The Morgan fingerprint density at radius 2 is 2.08 bits per heavy atom. The lowest BCUT2D eigenvalue weighted by atomic mass is 9.89. The van der Waals surface area contributed by atoms with Crippen molar-refractivity contribution in [2.24, 2.45) is 11.0 Å². The van der Waals surface area contributed by atoms with Crippen molar-refractivity contribution in [2.75, 3.05) is 37.9 Å². The van der Waals surface area contributed by atoms with E-state index in [1.54, 1.807) is 19.1 Å². The Morgan fingerprint density at radius 3 is 2.77 bits per heavy atom. The van der Waals surface area contributed by atoms with Gasteiger partial charge in [-0.3, -0.25) is 4.90 Å². The number of hydrazone groups is 1. The third-order valence-corrected chi connectivity index (χ3v) is 5.61. The molecule has 0 amide bonds. The highest BCUT2D eigenvalue weighted by molar-refractivity contribution is 6.38. The highest BCUT2D eigenvalue weighted by Crippen LogP contribution is 2.50. The lowest BCUT2D eigenvalue weighted by Gasteiger charge is -2.48. The van der Waals surface area contributed by atoms with Crippen molar-refractivity contribution in [3.63, 3.8) is 0 Å². The third-order valence-electron chi connectivity index (χ3n) is 5.61. The monoisotopic (exact) mass is 361 g/mol. The Morgan fingerprint density at radius 1 is 1.35 bits per heavy atom. The standard InChI is InChI=1S/C19H24FN3O3/c1-2-26-18(24)17-16-4-3-9-19(16,22-10-12-25-13-11-22)23(21-17)15-7-5-14(20)6-8-15/h5-8,16H,2-4,9-13H2,1H3/t16-,19+/m1/s1. The number of ether oxygens (including phenoxy) is 2. The van der Waals surface area contributed by atoms with Crippen LogP contribution in [-0.2, 0) is 14.3 Å². The van der Waals surface area contributed by atoms with E-state index in [0.29, 0.717) is 25.5 Å². The van der Waals surface area contributed by atoms with Crippen molar-refractivity contribution < 1.29 is 18.7 Å². The predicted octanol–water partition coefficient (Wildman–Crippen LogP) is 2.39. The van der Waals surface area contributed by atoms with Gasteiger partial charge in [0.25, 0.3) is 0 Å². The quantitative estimate of drug-likeness (QED) is 0.771. The molecule has 0 unspecified atom stereocenters. The van der Waals surface area contributed by atoms with Crippen LogP contribution in [-0.4, -0.2) is 55.2 Å². The highest BCUT2D eigenvalue weighted by Gasteiger charge is 2.59. The molecule has 4 rings (SSSR count). The molecule has 2 aliphatic heterocycles. The molecule has 3 aliphatic rings. The maximum absolute atomic E-state index is 13.4. The van der Waals surface area contributed by atoms with Crippen LogP contribution in [0, 0.1) is 11.7 Å². The Bertz CT molecular complexity index is 702. The van der Waals surface area contributed by atoms with Crippen molar-refractivity contribution in [2.45, 2.75) is 31.8 Å². The molecule has 0 bridgehead atoms. The molecule has 26 heavy (non-hydrogen) atoms. The number of morpholine rings is 1. The van der Waals surface area contributed by atoms with E-state index in [-0.39, 0.29) is 17.7 Å². The maximum atomic E-state index is 13.4. The molecule has 2 fully saturated rings. The van der Waals surface area contributed by atoms with Crippen LogP contribution in [0.15, 0.2) is 29.4 Å². The Labute approximate surface area is 152 Å². The Hall–Kier alpha value is -1.99. The van der Waals surface area contributed by atoms with Gasteiger partial charge in [0, 0.05) is 19.0 Å². The fraction of sp³-hybridized carbons (Fsp3) is 0.579. The summed E-state index contributed by atoms with van der Waals surface area (Å²) < 4.78 is 24.2. The van der Waals surface area contributed by atoms with Crippen LogP contribution in [0.4, 0.5) is 10.1 Å². The molecule has 0 spiro atoms. The van der Waals surface area contributed by atoms with Crippen molar-refractivity contribution in [1.82, 2.24) is 4.90 Å². The Balaban J connectivity index is 1.77. The van der Waals surface area contributed by atoms with E-state index in [4.69, 9.17) is 14.6 Å². The Kier molecular flexibility index (Phi) is 4.67. The number of esters is 1. The van der Waals surface area contributed by atoms with Crippen molar-refractivity contribution >= 4 is 17.4 Å². The van der Waals surface area contributed by atoms with Crippen LogP contribution < -0.4 is 5.01 Å². The molecular weight excluding hydrogens is 337 g/mol. The molecule has 1 aromatic carbocycles. The largest absolute Gasteiger partial charge is 0.461 e. The van der Waals surface area contributed by atoms with Crippen LogP contribution >= 0.6 is 0 Å². The summed E-state index contributed by atoms with van der Waals surface area (Å²) in [5.74, 6) is -0.641. The molecule has 0 N–H and O–H groups in total. The topological polar surface area (TPSA) is 54.4 Å². The van der Waals surface area contributed by atoms with E-state index in [0.717, 1.165) is 38.0 Å². The molecule has 6 nitrogen and oxygen atoms in total. The molecule has 2 heterocycles. The molecule has 7 heteroatoms. The molecule has 1 saturated carbocycles. The number of carbonyl (C=O) groups excluding carboxylic acids is 1. The van der Waals surface area contributed by atoms with Crippen LogP contribution in [0.25, 0.3) is 0 Å². The maximum Gasteiger partial charge on any atom is 0.354 e. The molecule has 0 aromatic heterocycles. The van der Waals surface area contributed by atoms with E-state index >= 15 is 0 Å². The van der Waals surface area contributed by atoms with E-state index in [1.165, 1.54) is 12.1 Å². The highest BCUT2D eigenvalue weighted by atomic mass is 19.1. The SMILES string of the molecule is CCOC(=O)C1=NN(c2ccc(F)cc2)[C@@]2(N3CCOCC3)CCC[C@H]12. The summed E-state index contributed by atoms with van der Waals surface area (Å²) in [4.78, 5) is 14.9. The van der Waals surface area contributed by atoms with Gasteiger partial charge in [0.1, 0.15) is 11.5 Å². The molecule has 1 aliphatic carbocycles.